The fourth-order valence-electron chi connectivity index (χ4n) is 4.41. The molecule has 0 aliphatic heterocycles. The molecule has 1 aromatic heterocycles. The number of hydrogen-bond donors (Lipinski definition) is 2. The molecule has 1 fully saturated rings. The predicted molar refractivity (Wildman–Crippen MR) is 124 cm³/mol. The van der Waals surface area contributed by atoms with Crippen LogP contribution >= 0.6 is 0 Å². The molecule has 2 aromatic carbocycles. The molecule has 9 heteroatoms. The van der Waals surface area contributed by atoms with E-state index in [2.05, 4.69) is 10.5 Å². The lowest BCUT2D eigenvalue weighted by molar-refractivity contribution is -0.138. The van der Waals surface area contributed by atoms with Gasteiger partial charge in [0, 0.05) is 29.3 Å². The van der Waals surface area contributed by atoms with Gasteiger partial charge in [-0.15, -0.1) is 0 Å². The summed E-state index contributed by atoms with van der Waals surface area (Å²) in [6, 6.07) is 12.4. The zero-order valence-corrected chi connectivity index (χ0v) is 18.9. The molecular formula is C26H25F3N2O4. The normalized spacial score (nSPS) is 14.6. The van der Waals surface area contributed by atoms with Crippen molar-refractivity contribution in [1.82, 2.24) is 5.16 Å². The quantitative estimate of drug-likeness (QED) is 0.380. The Labute approximate surface area is 200 Å². The fraction of sp³-hybridized carbons (Fsp3) is 0.346. The Morgan fingerprint density at radius 3 is 2.37 bits per heavy atom. The van der Waals surface area contributed by atoms with E-state index >= 15 is 0 Å². The Bertz CT molecular complexity index is 1200. The van der Waals surface area contributed by atoms with E-state index in [1.165, 1.54) is 18.2 Å². The number of halogens is 3. The highest BCUT2D eigenvalue weighted by atomic mass is 19.4. The number of benzene rings is 2. The summed E-state index contributed by atoms with van der Waals surface area (Å²) < 4.78 is 47.1. The molecule has 184 valence electrons. The van der Waals surface area contributed by atoms with Gasteiger partial charge in [-0.2, -0.15) is 13.2 Å². The van der Waals surface area contributed by atoms with Gasteiger partial charge in [-0.1, -0.05) is 36.6 Å². The molecule has 35 heavy (non-hydrogen) atoms. The maximum atomic E-state index is 13.9. The lowest BCUT2D eigenvalue weighted by Gasteiger charge is -2.23. The van der Waals surface area contributed by atoms with Crippen LogP contribution in [0.1, 0.15) is 62.0 Å². The molecule has 0 radical (unpaired) electrons. The van der Waals surface area contributed by atoms with Gasteiger partial charge in [0.05, 0.1) is 12.0 Å². The molecule has 0 saturated heterocycles. The minimum Gasteiger partial charge on any atom is -0.481 e. The van der Waals surface area contributed by atoms with Gasteiger partial charge in [0.25, 0.3) is 0 Å². The van der Waals surface area contributed by atoms with Crippen molar-refractivity contribution in [2.45, 2.75) is 57.0 Å². The van der Waals surface area contributed by atoms with Crippen molar-refractivity contribution in [2.24, 2.45) is 0 Å². The summed E-state index contributed by atoms with van der Waals surface area (Å²) in [7, 11) is 0. The number of anilines is 1. The van der Waals surface area contributed by atoms with Gasteiger partial charge in [0.1, 0.15) is 5.69 Å². The third kappa shape index (κ3) is 6.09. The first-order valence-corrected chi connectivity index (χ1v) is 11.5. The highest BCUT2D eigenvalue weighted by molar-refractivity contribution is 5.92. The number of carboxylic acids is 1. The van der Waals surface area contributed by atoms with Gasteiger partial charge in [0.2, 0.25) is 5.91 Å². The third-order valence-electron chi connectivity index (χ3n) is 6.23. The lowest BCUT2D eigenvalue weighted by Crippen LogP contribution is -2.12. The molecule has 2 N–H and O–H groups in total. The standard InChI is InChI=1S/C26H25F3N2O4/c27-26(28,29)21-14-18(16-4-2-1-3-5-16)8-11-20(21)22-15-23(35-31-22)17-6-9-19(10-7-17)30-24(32)12-13-25(33)34/h6-11,14-16H,1-5,12-13H2,(H,30,32)(H,33,34). The Kier molecular flexibility index (Phi) is 7.23. The van der Waals surface area contributed by atoms with Crippen LogP contribution in [0.15, 0.2) is 53.1 Å². The number of rotatable bonds is 7. The first-order chi connectivity index (χ1) is 16.7. The summed E-state index contributed by atoms with van der Waals surface area (Å²) in [6.45, 7) is 0. The first-order valence-electron chi connectivity index (χ1n) is 11.5. The van der Waals surface area contributed by atoms with E-state index < -0.39 is 23.6 Å². The van der Waals surface area contributed by atoms with Crippen molar-refractivity contribution in [3.63, 3.8) is 0 Å². The predicted octanol–water partition coefficient (Wildman–Crippen LogP) is 6.88. The van der Waals surface area contributed by atoms with E-state index in [1.807, 2.05) is 0 Å². The van der Waals surface area contributed by atoms with Crippen molar-refractivity contribution in [1.29, 1.82) is 0 Å². The Morgan fingerprint density at radius 2 is 1.71 bits per heavy atom. The SMILES string of the molecule is O=C(O)CCC(=O)Nc1ccc(-c2cc(-c3ccc(C4CCCCC4)cc3C(F)(F)F)no2)cc1. The lowest BCUT2D eigenvalue weighted by atomic mass is 9.83. The molecule has 6 nitrogen and oxygen atoms in total. The molecule has 1 saturated carbocycles. The smallest absolute Gasteiger partial charge is 0.417 e. The monoisotopic (exact) mass is 486 g/mol. The van der Waals surface area contributed by atoms with Gasteiger partial charge in [-0.3, -0.25) is 9.59 Å². The molecule has 0 atom stereocenters. The van der Waals surface area contributed by atoms with Crippen LogP contribution in [0.3, 0.4) is 0 Å². The number of carbonyl (C=O) groups excluding carboxylic acids is 1. The van der Waals surface area contributed by atoms with E-state index in [1.54, 1.807) is 30.3 Å². The van der Waals surface area contributed by atoms with Crippen molar-refractivity contribution >= 4 is 17.6 Å². The van der Waals surface area contributed by atoms with Crippen LogP contribution in [-0.2, 0) is 15.8 Å². The largest absolute Gasteiger partial charge is 0.481 e. The van der Waals surface area contributed by atoms with Crippen molar-refractivity contribution in [3.05, 3.63) is 59.7 Å². The van der Waals surface area contributed by atoms with E-state index in [-0.39, 0.29) is 35.8 Å². The number of carbonyl (C=O) groups is 2. The van der Waals surface area contributed by atoms with Crippen molar-refractivity contribution in [3.8, 4) is 22.6 Å². The van der Waals surface area contributed by atoms with Gasteiger partial charge in [-0.05, 0) is 54.7 Å². The number of carboxylic acid groups (broad SMARTS) is 1. The molecule has 1 heterocycles. The maximum Gasteiger partial charge on any atom is 0.417 e. The highest BCUT2D eigenvalue weighted by Gasteiger charge is 2.35. The van der Waals surface area contributed by atoms with Gasteiger partial charge < -0.3 is 14.9 Å². The zero-order valence-electron chi connectivity index (χ0n) is 18.9. The van der Waals surface area contributed by atoms with Gasteiger partial charge in [-0.25, -0.2) is 0 Å². The number of nitrogens with zero attached hydrogens (tertiary/aromatic N) is 1. The molecule has 1 amide bonds. The summed E-state index contributed by atoms with van der Waals surface area (Å²) in [5.74, 6) is -1.06. The number of nitrogens with one attached hydrogen (secondary N) is 1. The van der Waals surface area contributed by atoms with Gasteiger partial charge in [0.15, 0.2) is 5.76 Å². The Balaban J connectivity index is 1.54. The van der Waals surface area contributed by atoms with E-state index in [9.17, 15) is 22.8 Å². The summed E-state index contributed by atoms with van der Waals surface area (Å²) in [5.41, 5.74) is 1.08. The molecule has 0 unspecified atom stereocenters. The number of aliphatic carboxylic acids is 1. The fourth-order valence-corrected chi connectivity index (χ4v) is 4.41. The van der Waals surface area contributed by atoms with Crippen LogP contribution < -0.4 is 5.32 Å². The average Bonchev–Trinajstić information content (AvgIpc) is 3.33. The van der Waals surface area contributed by atoms with Crippen LogP contribution in [-0.4, -0.2) is 22.1 Å². The zero-order chi connectivity index (χ0) is 25.0. The van der Waals surface area contributed by atoms with E-state index in [4.69, 9.17) is 9.63 Å². The Morgan fingerprint density at radius 1 is 1.00 bits per heavy atom. The van der Waals surface area contributed by atoms with Crippen LogP contribution in [0.4, 0.5) is 18.9 Å². The summed E-state index contributed by atoms with van der Waals surface area (Å²) in [4.78, 5) is 22.3. The van der Waals surface area contributed by atoms with Crippen LogP contribution in [0, 0.1) is 0 Å². The number of alkyl halides is 3. The second kappa shape index (κ2) is 10.3. The van der Waals surface area contributed by atoms with E-state index in [0.717, 1.165) is 32.1 Å². The molecule has 3 aromatic rings. The second-order valence-corrected chi connectivity index (χ2v) is 8.73. The Hall–Kier alpha value is -3.62. The minimum atomic E-state index is -4.53. The first kappa shape index (κ1) is 24.5. The topological polar surface area (TPSA) is 92.4 Å². The maximum absolute atomic E-state index is 13.9. The number of amides is 1. The van der Waals surface area contributed by atoms with Crippen LogP contribution in [0.2, 0.25) is 0 Å². The van der Waals surface area contributed by atoms with Gasteiger partial charge >= 0.3 is 12.1 Å². The minimum absolute atomic E-state index is 0.0330. The summed E-state index contributed by atoms with van der Waals surface area (Å²) in [6.07, 6.45) is 0.0496. The molecule has 1 aliphatic rings. The number of aromatic nitrogens is 1. The molecule has 4 rings (SSSR count). The number of hydrogen-bond acceptors (Lipinski definition) is 4. The van der Waals surface area contributed by atoms with Crippen molar-refractivity contribution < 1.29 is 32.4 Å². The second-order valence-electron chi connectivity index (χ2n) is 8.73. The van der Waals surface area contributed by atoms with Crippen LogP contribution in [0.5, 0.6) is 0 Å². The summed E-state index contributed by atoms with van der Waals surface area (Å²) in [5, 5.41) is 15.1. The van der Waals surface area contributed by atoms with E-state index in [0.29, 0.717) is 16.8 Å². The van der Waals surface area contributed by atoms with Crippen molar-refractivity contribution in [2.75, 3.05) is 5.32 Å². The average molecular weight is 486 g/mol. The molecule has 0 spiro atoms. The third-order valence-corrected chi connectivity index (χ3v) is 6.23. The molecule has 1 aliphatic carbocycles. The summed E-state index contributed by atoms with van der Waals surface area (Å²) >= 11 is 0. The molecule has 0 bridgehead atoms. The van der Waals surface area contributed by atoms with Crippen LogP contribution in [0.25, 0.3) is 22.6 Å². The molecular weight excluding hydrogens is 461 g/mol. The highest BCUT2D eigenvalue weighted by Crippen LogP contribution is 2.41.